The molecular formula is C20H20ClNO6. The maximum atomic E-state index is 11.9. The van der Waals surface area contributed by atoms with Crippen molar-refractivity contribution in [2.75, 3.05) is 26.4 Å². The molecule has 0 aromatic heterocycles. The number of hydrogen-bond acceptors (Lipinski definition) is 6. The summed E-state index contributed by atoms with van der Waals surface area (Å²) >= 11 is 5.87. The molecule has 1 N–H and O–H groups in total. The third-order valence-corrected chi connectivity index (χ3v) is 4.18. The van der Waals surface area contributed by atoms with Crippen molar-refractivity contribution in [3.8, 4) is 17.2 Å². The molecule has 2 aromatic rings. The normalized spacial score (nSPS) is 14.9. The average molecular weight is 406 g/mol. The van der Waals surface area contributed by atoms with Crippen LogP contribution in [0, 0.1) is 6.92 Å². The van der Waals surface area contributed by atoms with Gasteiger partial charge in [-0.15, -0.1) is 0 Å². The number of benzene rings is 2. The van der Waals surface area contributed by atoms with Crippen LogP contribution in [-0.4, -0.2) is 44.3 Å². The Balaban J connectivity index is 1.34. The van der Waals surface area contributed by atoms with Gasteiger partial charge in [0.1, 0.15) is 18.5 Å². The molecule has 1 atom stereocenters. The third kappa shape index (κ3) is 5.53. The maximum absolute atomic E-state index is 11.9. The van der Waals surface area contributed by atoms with Crippen molar-refractivity contribution in [1.29, 1.82) is 0 Å². The lowest BCUT2D eigenvalue weighted by Crippen LogP contribution is -2.42. The molecule has 1 amide bonds. The van der Waals surface area contributed by atoms with Crippen LogP contribution in [0.25, 0.3) is 0 Å². The summed E-state index contributed by atoms with van der Waals surface area (Å²) in [5.74, 6) is 0.763. The minimum atomic E-state index is -0.643. The lowest BCUT2D eigenvalue weighted by Gasteiger charge is -2.26. The highest BCUT2D eigenvalue weighted by molar-refractivity contribution is 6.30. The molecule has 1 aliphatic rings. The van der Waals surface area contributed by atoms with Crippen LogP contribution in [0.4, 0.5) is 0 Å². The van der Waals surface area contributed by atoms with E-state index >= 15 is 0 Å². The predicted octanol–water partition coefficient (Wildman–Crippen LogP) is 2.53. The number of esters is 1. The molecule has 0 aliphatic carbocycles. The number of para-hydroxylation sites is 2. The van der Waals surface area contributed by atoms with Gasteiger partial charge in [0.05, 0.1) is 6.54 Å². The highest BCUT2D eigenvalue weighted by Gasteiger charge is 2.21. The summed E-state index contributed by atoms with van der Waals surface area (Å²) < 4.78 is 21.6. The zero-order valence-corrected chi connectivity index (χ0v) is 16.0. The summed E-state index contributed by atoms with van der Waals surface area (Å²) in [6.07, 6.45) is -0.314. The van der Waals surface area contributed by atoms with E-state index in [0.717, 1.165) is 5.56 Å². The Morgan fingerprint density at radius 3 is 2.75 bits per heavy atom. The minimum absolute atomic E-state index is 0.241. The summed E-state index contributed by atoms with van der Waals surface area (Å²) in [5.41, 5.74) is 0.800. The van der Waals surface area contributed by atoms with Crippen LogP contribution in [0.2, 0.25) is 5.02 Å². The molecule has 8 heteroatoms. The minimum Gasteiger partial charge on any atom is -0.486 e. The zero-order valence-electron chi connectivity index (χ0n) is 15.3. The Labute approximate surface area is 167 Å². The van der Waals surface area contributed by atoms with E-state index in [9.17, 15) is 9.59 Å². The molecule has 1 heterocycles. The van der Waals surface area contributed by atoms with Gasteiger partial charge < -0.3 is 24.3 Å². The monoisotopic (exact) mass is 405 g/mol. The van der Waals surface area contributed by atoms with Crippen LogP contribution >= 0.6 is 11.6 Å². The second kappa shape index (κ2) is 9.32. The number of hydrogen-bond donors (Lipinski definition) is 1. The first-order chi connectivity index (χ1) is 13.5. The number of fused-ring (bicyclic) bond motifs is 1. The van der Waals surface area contributed by atoms with E-state index in [4.69, 9.17) is 30.5 Å². The number of nitrogens with one attached hydrogen (secondary N) is 1. The van der Waals surface area contributed by atoms with Crippen LogP contribution in [0.1, 0.15) is 5.56 Å². The number of ether oxygens (including phenoxy) is 4. The van der Waals surface area contributed by atoms with E-state index in [1.807, 2.05) is 25.1 Å². The van der Waals surface area contributed by atoms with E-state index in [-0.39, 0.29) is 19.3 Å². The Morgan fingerprint density at radius 2 is 1.96 bits per heavy atom. The van der Waals surface area contributed by atoms with Crippen LogP contribution in [-0.2, 0) is 14.3 Å². The fourth-order valence-electron chi connectivity index (χ4n) is 2.54. The highest BCUT2D eigenvalue weighted by Crippen LogP contribution is 2.30. The molecular weight excluding hydrogens is 386 g/mol. The average Bonchev–Trinajstić information content (AvgIpc) is 2.70. The van der Waals surface area contributed by atoms with Gasteiger partial charge >= 0.3 is 5.97 Å². The number of halogens is 1. The van der Waals surface area contributed by atoms with Gasteiger partial charge in [0, 0.05) is 5.02 Å². The zero-order chi connectivity index (χ0) is 19.9. The number of amides is 1. The van der Waals surface area contributed by atoms with Crippen LogP contribution in [0.5, 0.6) is 17.2 Å². The first kappa shape index (κ1) is 19.8. The summed E-state index contributed by atoms with van der Waals surface area (Å²) in [7, 11) is 0. The Bertz CT molecular complexity index is 856. The Kier molecular flexibility index (Phi) is 6.60. The molecule has 0 saturated heterocycles. The summed E-state index contributed by atoms with van der Waals surface area (Å²) in [6.45, 7) is 1.68. The summed E-state index contributed by atoms with van der Waals surface area (Å²) in [5, 5.41) is 3.23. The molecule has 7 nitrogen and oxygen atoms in total. The van der Waals surface area contributed by atoms with Gasteiger partial charge in [-0.3, -0.25) is 4.79 Å². The van der Waals surface area contributed by atoms with Crippen molar-refractivity contribution in [3.05, 3.63) is 53.1 Å². The van der Waals surface area contributed by atoms with Gasteiger partial charge in [0.2, 0.25) is 0 Å². The van der Waals surface area contributed by atoms with E-state index < -0.39 is 18.5 Å². The molecule has 0 spiro atoms. The number of carbonyl (C=O) groups excluding carboxylic acids is 2. The summed E-state index contributed by atoms with van der Waals surface area (Å²) in [4.78, 5) is 23.6. The fourth-order valence-corrected chi connectivity index (χ4v) is 2.77. The van der Waals surface area contributed by atoms with Crippen LogP contribution in [0.15, 0.2) is 42.5 Å². The van der Waals surface area contributed by atoms with Crippen molar-refractivity contribution >= 4 is 23.5 Å². The van der Waals surface area contributed by atoms with E-state index in [0.29, 0.717) is 28.9 Å². The van der Waals surface area contributed by atoms with Crippen molar-refractivity contribution in [1.82, 2.24) is 5.32 Å². The molecule has 0 saturated carbocycles. The molecule has 3 rings (SSSR count). The van der Waals surface area contributed by atoms with E-state index in [1.165, 1.54) is 0 Å². The van der Waals surface area contributed by atoms with Gasteiger partial charge in [-0.1, -0.05) is 23.7 Å². The van der Waals surface area contributed by atoms with Crippen LogP contribution < -0.4 is 19.5 Å². The first-order valence-electron chi connectivity index (χ1n) is 8.71. The van der Waals surface area contributed by atoms with Gasteiger partial charge in [-0.05, 0) is 42.8 Å². The van der Waals surface area contributed by atoms with Crippen molar-refractivity contribution in [2.24, 2.45) is 0 Å². The highest BCUT2D eigenvalue weighted by atomic mass is 35.5. The lowest BCUT2D eigenvalue weighted by atomic mass is 10.2. The van der Waals surface area contributed by atoms with Crippen LogP contribution in [0.3, 0.4) is 0 Å². The predicted molar refractivity (Wildman–Crippen MR) is 102 cm³/mol. The molecule has 0 bridgehead atoms. The van der Waals surface area contributed by atoms with Crippen molar-refractivity contribution < 1.29 is 28.5 Å². The van der Waals surface area contributed by atoms with Gasteiger partial charge in [-0.25, -0.2) is 4.79 Å². The fraction of sp³-hybridized carbons (Fsp3) is 0.300. The first-order valence-corrected chi connectivity index (χ1v) is 9.09. The smallest absolute Gasteiger partial charge is 0.344 e. The topological polar surface area (TPSA) is 83.1 Å². The SMILES string of the molecule is Cc1cc(Cl)ccc1OCC(=O)OCC(=O)NC[C@H]1COc2ccccc2O1. The molecule has 1 aliphatic heterocycles. The number of rotatable bonds is 7. The Hall–Kier alpha value is -2.93. The van der Waals surface area contributed by atoms with Gasteiger partial charge in [0.15, 0.2) is 24.7 Å². The molecule has 148 valence electrons. The van der Waals surface area contributed by atoms with Crippen molar-refractivity contribution in [2.45, 2.75) is 13.0 Å². The number of aryl methyl sites for hydroxylation is 1. The quantitative estimate of drug-likeness (QED) is 0.713. The second-order valence-electron chi connectivity index (χ2n) is 6.16. The molecule has 0 radical (unpaired) electrons. The second-order valence-corrected chi connectivity index (χ2v) is 6.60. The van der Waals surface area contributed by atoms with E-state index in [1.54, 1.807) is 24.3 Å². The molecule has 2 aromatic carbocycles. The largest absolute Gasteiger partial charge is 0.486 e. The third-order valence-electron chi connectivity index (χ3n) is 3.94. The maximum Gasteiger partial charge on any atom is 0.344 e. The molecule has 0 fully saturated rings. The molecule has 28 heavy (non-hydrogen) atoms. The molecule has 0 unspecified atom stereocenters. The van der Waals surface area contributed by atoms with Gasteiger partial charge in [0.25, 0.3) is 5.91 Å². The lowest BCUT2D eigenvalue weighted by molar-refractivity contribution is -0.150. The van der Waals surface area contributed by atoms with Crippen molar-refractivity contribution in [3.63, 3.8) is 0 Å². The Morgan fingerprint density at radius 1 is 1.18 bits per heavy atom. The standard InChI is InChI=1S/C20H20ClNO6/c1-13-8-14(21)6-7-16(13)26-12-20(24)27-11-19(23)22-9-15-10-25-17-4-2-3-5-18(17)28-15/h2-8,15H,9-12H2,1H3,(H,22,23)/t15-/m0/s1. The summed E-state index contributed by atoms with van der Waals surface area (Å²) in [6, 6.07) is 12.4. The number of carbonyl (C=O) groups is 2. The van der Waals surface area contributed by atoms with E-state index in [2.05, 4.69) is 5.32 Å². The van der Waals surface area contributed by atoms with Gasteiger partial charge in [-0.2, -0.15) is 0 Å².